The highest BCUT2D eigenvalue weighted by molar-refractivity contribution is 6.05. The summed E-state index contributed by atoms with van der Waals surface area (Å²) < 4.78 is 6.34. The lowest BCUT2D eigenvalue weighted by Crippen LogP contribution is -2.43. The molecule has 10 heteroatoms. The fraction of sp³-hybridized carbons (Fsp3) is 0.400. The number of fused-ring (bicyclic) bond motifs is 1. The SMILES string of the molecule is CCCc1noc(CCC(=O)NNC(=O)c2nn(C(C)C)c(=O)c3ccccc23)n1. The van der Waals surface area contributed by atoms with Gasteiger partial charge in [-0.2, -0.15) is 10.1 Å². The standard InChI is InChI=1S/C20H24N6O4/c1-4-7-15-21-17(30-25-15)11-10-16(27)22-23-19(28)18-13-8-5-6-9-14(13)20(29)26(24-18)12(2)3/h5-6,8-9,12H,4,7,10-11H2,1-3H3,(H,22,27)(H,23,28). The quantitative estimate of drug-likeness (QED) is 0.565. The Labute approximate surface area is 172 Å². The van der Waals surface area contributed by atoms with E-state index in [0.717, 1.165) is 6.42 Å². The average Bonchev–Trinajstić information content (AvgIpc) is 3.18. The van der Waals surface area contributed by atoms with Gasteiger partial charge >= 0.3 is 0 Å². The molecule has 0 fully saturated rings. The van der Waals surface area contributed by atoms with E-state index in [1.165, 1.54) is 4.68 Å². The molecule has 30 heavy (non-hydrogen) atoms. The molecule has 0 saturated carbocycles. The van der Waals surface area contributed by atoms with Crippen molar-refractivity contribution in [2.75, 3.05) is 0 Å². The summed E-state index contributed by atoms with van der Waals surface area (Å²) >= 11 is 0. The Morgan fingerprint density at radius 3 is 2.57 bits per heavy atom. The van der Waals surface area contributed by atoms with Crippen LogP contribution in [0.2, 0.25) is 0 Å². The highest BCUT2D eigenvalue weighted by atomic mass is 16.5. The summed E-state index contributed by atoms with van der Waals surface area (Å²) in [5.74, 6) is -0.0481. The molecule has 0 atom stereocenters. The number of nitrogens with zero attached hydrogens (tertiary/aromatic N) is 4. The summed E-state index contributed by atoms with van der Waals surface area (Å²) in [4.78, 5) is 41.5. The number of hydrogen-bond donors (Lipinski definition) is 2. The number of carbonyl (C=O) groups excluding carboxylic acids is 2. The van der Waals surface area contributed by atoms with Crippen LogP contribution < -0.4 is 16.4 Å². The second-order valence-corrected chi connectivity index (χ2v) is 7.09. The maximum Gasteiger partial charge on any atom is 0.290 e. The van der Waals surface area contributed by atoms with Crippen molar-refractivity contribution < 1.29 is 14.1 Å². The molecule has 2 heterocycles. The summed E-state index contributed by atoms with van der Waals surface area (Å²) in [5, 5.41) is 8.83. The zero-order valence-corrected chi connectivity index (χ0v) is 17.1. The van der Waals surface area contributed by atoms with Crippen LogP contribution in [0, 0.1) is 0 Å². The number of hydrazine groups is 1. The van der Waals surface area contributed by atoms with Crippen molar-refractivity contribution in [2.24, 2.45) is 0 Å². The van der Waals surface area contributed by atoms with Crippen molar-refractivity contribution in [2.45, 2.75) is 52.5 Å². The van der Waals surface area contributed by atoms with Gasteiger partial charge in [0.15, 0.2) is 11.5 Å². The van der Waals surface area contributed by atoms with Crippen molar-refractivity contribution in [3.05, 3.63) is 52.0 Å². The Hall–Kier alpha value is -3.56. The number of amides is 2. The maximum absolute atomic E-state index is 12.7. The highest BCUT2D eigenvalue weighted by Gasteiger charge is 2.18. The Morgan fingerprint density at radius 1 is 1.13 bits per heavy atom. The van der Waals surface area contributed by atoms with Crippen molar-refractivity contribution in [3.63, 3.8) is 0 Å². The predicted octanol–water partition coefficient (Wildman–Crippen LogP) is 1.71. The largest absolute Gasteiger partial charge is 0.339 e. The summed E-state index contributed by atoms with van der Waals surface area (Å²) in [5.41, 5.74) is 4.49. The molecule has 0 bridgehead atoms. The fourth-order valence-corrected chi connectivity index (χ4v) is 2.91. The van der Waals surface area contributed by atoms with Crippen LogP contribution in [0.3, 0.4) is 0 Å². The Balaban J connectivity index is 1.67. The first-order valence-corrected chi connectivity index (χ1v) is 9.83. The van der Waals surface area contributed by atoms with Gasteiger partial charge in [-0.25, -0.2) is 4.68 Å². The van der Waals surface area contributed by atoms with Crippen molar-refractivity contribution in [3.8, 4) is 0 Å². The van der Waals surface area contributed by atoms with Gasteiger partial charge in [-0.15, -0.1) is 0 Å². The minimum absolute atomic E-state index is 0.0558. The molecule has 0 spiro atoms. The van der Waals surface area contributed by atoms with E-state index >= 15 is 0 Å². The minimum atomic E-state index is -0.614. The number of carbonyl (C=O) groups is 2. The molecule has 3 aromatic rings. The van der Waals surface area contributed by atoms with Gasteiger partial charge in [0, 0.05) is 24.6 Å². The minimum Gasteiger partial charge on any atom is -0.339 e. The molecule has 0 aliphatic rings. The van der Waals surface area contributed by atoms with E-state index in [-0.39, 0.29) is 30.1 Å². The van der Waals surface area contributed by atoms with Crippen molar-refractivity contribution in [1.29, 1.82) is 0 Å². The summed E-state index contributed by atoms with van der Waals surface area (Å²) in [6.45, 7) is 5.61. The lowest BCUT2D eigenvalue weighted by atomic mass is 10.1. The number of aromatic nitrogens is 4. The van der Waals surface area contributed by atoms with Gasteiger partial charge in [0.2, 0.25) is 11.8 Å². The molecule has 10 nitrogen and oxygen atoms in total. The van der Waals surface area contributed by atoms with Crippen LogP contribution in [0.25, 0.3) is 10.8 Å². The van der Waals surface area contributed by atoms with Crippen LogP contribution in [0.4, 0.5) is 0 Å². The molecule has 0 aliphatic carbocycles. The maximum atomic E-state index is 12.7. The van der Waals surface area contributed by atoms with E-state index in [4.69, 9.17) is 4.52 Å². The first kappa shape index (κ1) is 21.2. The van der Waals surface area contributed by atoms with Gasteiger partial charge in [0.25, 0.3) is 11.5 Å². The van der Waals surface area contributed by atoms with Crippen LogP contribution in [-0.2, 0) is 17.6 Å². The first-order valence-electron chi connectivity index (χ1n) is 9.83. The summed E-state index contributed by atoms with van der Waals surface area (Å²) in [6.07, 6.45) is 1.94. The van der Waals surface area contributed by atoms with E-state index in [1.807, 2.05) is 6.92 Å². The van der Waals surface area contributed by atoms with E-state index in [0.29, 0.717) is 28.9 Å². The molecule has 1 aromatic carbocycles. The lowest BCUT2D eigenvalue weighted by Gasteiger charge is -2.13. The van der Waals surface area contributed by atoms with Crippen LogP contribution in [-0.4, -0.2) is 31.7 Å². The molecule has 158 valence electrons. The molecular formula is C20H24N6O4. The second-order valence-electron chi connectivity index (χ2n) is 7.09. The third-order valence-corrected chi connectivity index (χ3v) is 4.40. The molecule has 2 aromatic heterocycles. The second kappa shape index (κ2) is 9.29. The highest BCUT2D eigenvalue weighted by Crippen LogP contribution is 2.14. The molecule has 0 unspecified atom stereocenters. The molecule has 2 amide bonds. The van der Waals surface area contributed by atoms with E-state index < -0.39 is 11.8 Å². The van der Waals surface area contributed by atoms with Gasteiger partial charge in [0.05, 0.1) is 11.4 Å². The third kappa shape index (κ3) is 4.70. The molecule has 0 radical (unpaired) electrons. The first-order chi connectivity index (χ1) is 14.4. The molecule has 0 aliphatic heterocycles. The van der Waals surface area contributed by atoms with E-state index in [2.05, 4.69) is 26.1 Å². The fourth-order valence-electron chi connectivity index (χ4n) is 2.91. The lowest BCUT2D eigenvalue weighted by molar-refractivity contribution is -0.121. The normalized spacial score (nSPS) is 11.1. The Kier molecular flexibility index (Phi) is 6.55. The molecule has 3 rings (SSSR count). The van der Waals surface area contributed by atoms with Gasteiger partial charge in [0.1, 0.15) is 0 Å². The predicted molar refractivity (Wildman–Crippen MR) is 109 cm³/mol. The van der Waals surface area contributed by atoms with Gasteiger partial charge < -0.3 is 4.52 Å². The van der Waals surface area contributed by atoms with Crippen LogP contribution in [0.1, 0.15) is 61.9 Å². The third-order valence-electron chi connectivity index (χ3n) is 4.40. The average molecular weight is 412 g/mol. The topological polar surface area (TPSA) is 132 Å². The number of hydrogen-bond acceptors (Lipinski definition) is 7. The summed E-state index contributed by atoms with van der Waals surface area (Å²) in [7, 11) is 0. The van der Waals surface area contributed by atoms with Gasteiger partial charge in [-0.05, 0) is 26.3 Å². The number of benzene rings is 1. The Morgan fingerprint density at radius 2 is 1.87 bits per heavy atom. The van der Waals surface area contributed by atoms with Crippen LogP contribution >= 0.6 is 0 Å². The zero-order chi connectivity index (χ0) is 21.7. The van der Waals surface area contributed by atoms with E-state index in [1.54, 1.807) is 38.1 Å². The molecular weight excluding hydrogens is 388 g/mol. The molecule has 0 saturated heterocycles. The van der Waals surface area contributed by atoms with Crippen LogP contribution in [0.5, 0.6) is 0 Å². The van der Waals surface area contributed by atoms with E-state index in [9.17, 15) is 14.4 Å². The van der Waals surface area contributed by atoms with Crippen molar-refractivity contribution in [1.82, 2.24) is 30.8 Å². The number of nitrogens with one attached hydrogen (secondary N) is 2. The van der Waals surface area contributed by atoms with Gasteiger partial charge in [-0.1, -0.05) is 30.3 Å². The zero-order valence-electron chi connectivity index (χ0n) is 17.1. The van der Waals surface area contributed by atoms with Crippen molar-refractivity contribution >= 4 is 22.6 Å². The summed E-state index contributed by atoms with van der Waals surface area (Å²) in [6, 6.07) is 6.51. The number of rotatable bonds is 7. The molecule has 2 N–H and O–H groups in total. The monoisotopic (exact) mass is 412 g/mol. The van der Waals surface area contributed by atoms with Crippen LogP contribution in [0.15, 0.2) is 33.6 Å². The van der Waals surface area contributed by atoms with Gasteiger partial charge in [-0.3, -0.25) is 25.2 Å². The Bertz CT molecular complexity index is 1120. The number of aryl methyl sites for hydroxylation is 2. The smallest absolute Gasteiger partial charge is 0.290 e.